The number of nitrogens with one attached hydrogen (secondary N) is 1. The minimum absolute atomic E-state index is 0.308. The highest BCUT2D eigenvalue weighted by molar-refractivity contribution is 7.71. The first-order valence-electron chi connectivity index (χ1n) is 5.95. The van der Waals surface area contributed by atoms with Crippen molar-refractivity contribution in [2.45, 2.75) is 56.9 Å². The topological polar surface area (TPSA) is 33.6 Å². The van der Waals surface area contributed by atoms with Gasteiger partial charge in [-0.25, -0.2) is 0 Å². The molecule has 0 aromatic carbocycles. The van der Waals surface area contributed by atoms with Gasteiger partial charge in [-0.15, -0.1) is 0 Å². The van der Waals surface area contributed by atoms with Crippen molar-refractivity contribution in [1.82, 2.24) is 14.8 Å². The summed E-state index contributed by atoms with van der Waals surface area (Å²) in [4.78, 5) is 0. The molecule has 2 aliphatic carbocycles. The molecule has 0 radical (unpaired) electrons. The van der Waals surface area contributed by atoms with Crippen LogP contribution in [0.15, 0.2) is 0 Å². The summed E-state index contributed by atoms with van der Waals surface area (Å²) < 4.78 is 3.17. The van der Waals surface area contributed by atoms with Crippen molar-refractivity contribution < 1.29 is 0 Å². The summed E-state index contributed by atoms with van der Waals surface area (Å²) in [6.07, 6.45) is 7.65. The molecule has 0 amide bonds. The quantitative estimate of drug-likeness (QED) is 0.799. The molecule has 1 aromatic rings. The second kappa shape index (κ2) is 3.17. The average Bonchev–Trinajstić information content (AvgIpc) is 2.93. The molecule has 0 saturated heterocycles. The van der Waals surface area contributed by atoms with E-state index in [4.69, 9.17) is 12.2 Å². The van der Waals surface area contributed by atoms with E-state index in [2.05, 4.69) is 21.7 Å². The van der Waals surface area contributed by atoms with Crippen LogP contribution in [0.1, 0.15) is 57.2 Å². The van der Waals surface area contributed by atoms with Gasteiger partial charge in [0, 0.05) is 11.5 Å². The number of hydrogen-bond acceptors (Lipinski definition) is 2. The van der Waals surface area contributed by atoms with Gasteiger partial charge in [0.25, 0.3) is 0 Å². The van der Waals surface area contributed by atoms with Gasteiger partial charge >= 0.3 is 0 Å². The zero-order chi connectivity index (χ0) is 10.5. The van der Waals surface area contributed by atoms with Crippen molar-refractivity contribution in [3.05, 3.63) is 10.6 Å². The van der Waals surface area contributed by atoms with Crippen molar-refractivity contribution in [1.29, 1.82) is 0 Å². The maximum atomic E-state index is 5.38. The van der Waals surface area contributed by atoms with Gasteiger partial charge in [-0.05, 0) is 50.7 Å². The minimum atomic E-state index is 0.308. The zero-order valence-electron chi connectivity index (χ0n) is 9.12. The Bertz CT molecular complexity index is 418. The Labute approximate surface area is 94.9 Å². The van der Waals surface area contributed by atoms with Gasteiger partial charge < -0.3 is 0 Å². The Balaban J connectivity index is 2.08. The summed E-state index contributed by atoms with van der Waals surface area (Å²) in [7, 11) is 0. The fraction of sp³-hybridized carbons (Fsp3) is 0.818. The Morgan fingerprint density at radius 1 is 1.53 bits per heavy atom. The van der Waals surface area contributed by atoms with E-state index in [1.807, 2.05) is 0 Å². The first-order chi connectivity index (χ1) is 7.27. The predicted molar refractivity (Wildman–Crippen MR) is 61.5 cm³/mol. The van der Waals surface area contributed by atoms with Gasteiger partial charge in [-0.1, -0.05) is 6.92 Å². The third-order valence-electron chi connectivity index (χ3n) is 4.06. The first-order valence-corrected chi connectivity index (χ1v) is 6.35. The lowest BCUT2D eigenvalue weighted by Gasteiger charge is -2.43. The van der Waals surface area contributed by atoms with E-state index in [-0.39, 0.29) is 0 Å². The van der Waals surface area contributed by atoms with Crippen LogP contribution in [0.2, 0.25) is 0 Å². The highest BCUT2D eigenvalue weighted by Gasteiger charge is 2.42. The summed E-state index contributed by atoms with van der Waals surface area (Å²) in [5.74, 6) is 1.91. The van der Waals surface area contributed by atoms with Crippen molar-refractivity contribution in [3.63, 3.8) is 0 Å². The van der Waals surface area contributed by atoms with E-state index < -0.39 is 0 Å². The van der Waals surface area contributed by atoms with Gasteiger partial charge in [0.15, 0.2) is 4.77 Å². The fourth-order valence-electron chi connectivity index (χ4n) is 2.70. The third kappa shape index (κ3) is 1.30. The standard InChI is InChI=1S/C11H17N3S/c1-2-11(6-3-7-11)14-9(8-4-5-8)12-13-10(14)15/h8H,2-7H2,1H3,(H,13,15). The van der Waals surface area contributed by atoms with E-state index in [1.54, 1.807) is 0 Å². The smallest absolute Gasteiger partial charge is 0.195 e. The Hall–Kier alpha value is -0.640. The van der Waals surface area contributed by atoms with Crippen LogP contribution in [0.5, 0.6) is 0 Å². The Morgan fingerprint density at radius 3 is 2.73 bits per heavy atom. The van der Waals surface area contributed by atoms with E-state index >= 15 is 0 Å². The largest absolute Gasteiger partial charge is 0.298 e. The van der Waals surface area contributed by atoms with E-state index in [1.165, 1.54) is 44.3 Å². The molecule has 15 heavy (non-hydrogen) atoms. The Kier molecular flexibility index (Phi) is 2.03. The molecule has 0 atom stereocenters. The van der Waals surface area contributed by atoms with Gasteiger partial charge in [0.05, 0.1) is 0 Å². The summed E-state index contributed by atoms with van der Waals surface area (Å²) >= 11 is 5.38. The highest BCUT2D eigenvalue weighted by Crippen LogP contribution is 2.47. The van der Waals surface area contributed by atoms with Gasteiger partial charge in [0.2, 0.25) is 0 Å². The third-order valence-corrected chi connectivity index (χ3v) is 4.33. The van der Waals surface area contributed by atoms with E-state index in [0.717, 1.165) is 4.77 Å². The van der Waals surface area contributed by atoms with E-state index in [0.29, 0.717) is 11.5 Å². The maximum absolute atomic E-state index is 5.38. The molecule has 2 saturated carbocycles. The molecule has 0 aliphatic heterocycles. The van der Waals surface area contributed by atoms with Crippen LogP contribution in [0.25, 0.3) is 0 Å². The number of rotatable bonds is 3. The minimum Gasteiger partial charge on any atom is -0.298 e. The molecule has 2 aliphatic rings. The lowest BCUT2D eigenvalue weighted by Crippen LogP contribution is -2.41. The monoisotopic (exact) mass is 223 g/mol. The molecule has 1 aromatic heterocycles. The molecular weight excluding hydrogens is 206 g/mol. The molecule has 1 N–H and O–H groups in total. The molecule has 0 bridgehead atoms. The van der Waals surface area contributed by atoms with Crippen molar-refractivity contribution in [3.8, 4) is 0 Å². The molecule has 4 heteroatoms. The lowest BCUT2D eigenvalue weighted by atomic mass is 9.74. The van der Waals surface area contributed by atoms with Crippen LogP contribution < -0.4 is 0 Å². The summed E-state index contributed by atoms with van der Waals surface area (Å²) in [5, 5.41) is 7.40. The lowest BCUT2D eigenvalue weighted by molar-refractivity contribution is 0.129. The summed E-state index contributed by atoms with van der Waals surface area (Å²) in [6.45, 7) is 2.27. The zero-order valence-corrected chi connectivity index (χ0v) is 9.94. The van der Waals surface area contributed by atoms with E-state index in [9.17, 15) is 0 Å². The fourth-order valence-corrected chi connectivity index (χ4v) is 3.04. The van der Waals surface area contributed by atoms with Gasteiger partial charge in [-0.3, -0.25) is 9.67 Å². The number of hydrogen-bond donors (Lipinski definition) is 1. The summed E-state index contributed by atoms with van der Waals surface area (Å²) in [6, 6.07) is 0. The SMILES string of the molecule is CCC1(n2c(C3CC3)n[nH]c2=S)CCC1. The highest BCUT2D eigenvalue weighted by atomic mass is 32.1. The first kappa shape index (κ1) is 9.58. The number of H-pyrrole nitrogens is 1. The molecule has 1 heterocycles. The second-order valence-corrected chi connectivity index (χ2v) is 5.31. The van der Waals surface area contributed by atoms with Crippen LogP contribution >= 0.6 is 12.2 Å². The van der Waals surface area contributed by atoms with Crippen LogP contribution in [0, 0.1) is 4.77 Å². The van der Waals surface area contributed by atoms with Crippen LogP contribution in [0.3, 0.4) is 0 Å². The molecular formula is C11H17N3S. The summed E-state index contributed by atoms with van der Waals surface area (Å²) in [5.41, 5.74) is 0.308. The van der Waals surface area contributed by atoms with Gasteiger partial charge in [-0.2, -0.15) is 5.10 Å². The number of aromatic nitrogens is 3. The van der Waals surface area contributed by atoms with Crippen LogP contribution in [-0.2, 0) is 5.54 Å². The van der Waals surface area contributed by atoms with Crippen LogP contribution in [0.4, 0.5) is 0 Å². The molecule has 3 nitrogen and oxygen atoms in total. The molecule has 0 unspecified atom stereocenters. The number of nitrogens with zero attached hydrogens (tertiary/aromatic N) is 2. The second-order valence-electron chi connectivity index (χ2n) is 4.93. The van der Waals surface area contributed by atoms with Crippen molar-refractivity contribution >= 4 is 12.2 Å². The number of aromatic amines is 1. The Morgan fingerprint density at radius 2 is 2.27 bits per heavy atom. The molecule has 3 rings (SSSR count). The average molecular weight is 223 g/mol. The van der Waals surface area contributed by atoms with Gasteiger partial charge in [0.1, 0.15) is 5.82 Å². The van der Waals surface area contributed by atoms with Crippen molar-refractivity contribution in [2.24, 2.45) is 0 Å². The molecule has 2 fully saturated rings. The molecule has 82 valence electrons. The predicted octanol–water partition coefficient (Wildman–Crippen LogP) is 3.11. The molecule has 0 spiro atoms. The maximum Gasteiger partial charge on any atom is 0.195 e. The van der Waals surface area contributed by atoms with Crippen LogP contribution in [-0.4, -0.2) is 14.8 Å². The van der Waals surface area contributed by atoms with Crippen molar-refractivity contribution in [2.75, 3.05) is 0 Å². The normalized spacial score (nSPS) is 23.8.